The first kappa shape index (κ1) is 28.9. The Kier molecular flexibility index (Phi) is 12.6. The molecule has 7 nitrogen and oxygen atoms in total. The van der Waals surface area contributed by atoms with Crippen LogP contribution < -0.4 is 10.1 Å². The third kappa shape index (κ3) is 10.7. The first-order valence-electron chi connectivity index (χ1n) is 13.3. The van der Waals surface area contributed by atoms with Crippen molar-refractivity contribution in [3.63, 3.8) is 0 Å². The molecule has 0 bridgehead atoms. The second kappa shape index (κ2) is 16.2. The Morgan fingerprint density at radius 1 is 1.05 bits per heavy atom. The van der Waals surface area contributed by atoms with Crippen LogP contribution in [-0.4, -0.2) is 66.2 Å². The van der Waals surface area contributed by atoms with E-state index in [1.807, 2.05) is 47.0 Å². The van der Waals surface area contributed by atoms with E-state index in [2.05, 4.69) is 29.6 Å². The number of carbonyl (C=O) groups is 2. The molecule has 0 radical (unpaired) electrons. The van der Waals surface area contributed by atoms with Crippen molar-refractivity contribution in [2.75, 3.05) is 32.1 Å². The Labute approximate surface area is 224 Å². The van der Waals surface area contributed by atoms with E-state index < -0.39 is 12.1 Å². The number of amides is 2. The van der Waals surface area contributed by atoms with Crippen molar-refractivity contribution in [1.29, 1.82) is 0 Å². The number of nitrogens with one attached hydrogen (secondary N) is 1. The number of ether oxygens (including phenoxy) is 2. The van der Waals surface area contributed by atoms with Crippen LogP contribution in [0.15, 0.2) is 59.5 Å². The predicted octanol–water partition coefficient (Wildman–Crippen LogP) is 5.62. The summed E-state index contributed by atoms with van der Waals surface area (Å²) in [6, 6.07) is 18.1. The minimum Gasteiger partial charge on any atom is -0.492 e. The highest BCUT2D eigenvalue weighted by Gasteiger charge is 2.21. The van der Waals surface area contributed by atoms with Crippen molar-refractivity contribution in [3.8, 4) is 5.75 Å². The molecule has 1 atom stereocenters. The van der Waals surface area contributed by atoms with Gasteiger partial charge in [-0.3, -0.25) is 0 Å². The van der Waals surface area contributed by atoms with Gasteiger partial charge in [-0.15, -0.1) is 11.8 Å². The number of carboxylic acids is 1. The number of aliphatic carboxylic acids is 1. The zero-order valence-corrected chi connectivity index (χ0v) is 22.6. The minimum atomic E-state index is -0.961. The Bertz CT molecular complexity index is 935. The van der Waals surface area contributed by atoms with Crippen LogP contribution in [0.3, 0.4) is 0 Å². The third-order valence-electron chi connectivity index (χ3n) is 6.42. The van der Waals surface area contributed by atoms with Gasteiger partial charge in [-0.05, 0) is 68.2 Å². The fourth-order valence-electron chi connectivity index (χ4n) is 4.39. The van der Waals surface area contributed by atoms with Crippen LogP contribution in [0.2, 0.25) is 0 Å². The fraction of sp³-hybridized carbons (Fsp3) is 0.517. The van der Waals surface area contributed by atoms with E-state index in [9.17, 15) is 14.7 Å². The first-order chi connectivity index (χ1) is 18.0. The van der Waals surface area contributed by atoms with Gasteiger partial charge >= 0.3 is 12.0 Å². The molecule has 0 heterocycles. The second-order valence-electron chi connectivity index (χ2n) is 9.27. The third-order valence-corrected chi connectivity index (χ3v) is 7.52. The molecule has 8 heteroatoms. The number of nitrogens with zero attached hydrogens (tertiary/aromatic N) is 1. The van der Waals surface area contributed by atoms with E-state index in [-0.39, 0.29) is 12.1 Å². The zero-order chi connectivity index (χ0) is 26.3. The van der Waals surface area contributed by atoms with E-state index in [4.69, 9.17) is 9.47 Å². The van der Waals surface area contributed by atoms with E-state index >= 15 is 0 Å². The monoisotopic (exact) mass is 528 g/mol. The Balaban J connectivity index is 1.45. The number of hydrogen-bond donors (Lipinski definition) is 2. The van der Waals surface area contributed by atoms with Crippen LogP contribution in [0.5, 0.6) is 5.75 Å². The molecule has 0 aromatic heterocycles. The molecule has 1 unspecified atom stereocenters. The Morgan fingerprint density at radius 2 is 1.78 bits per heavy atom. The van der Waals surface area contributed by atoms with Crippen molar-refractivity contribution in [3.05, 3.63) is 60.2 Å². The molecule has 1 fully saturated rings. The Morgan fingerprint density at radius 3 is 2.46 bits per heavy atom. The molecular weight excluding hydrogens is 488 g/mol. The quantitative estimate of drug-likeness (QED) is 0.217. The largest absolute Gasteiger partial charge is 0.492 e. The summed E-state index contributed by atoms with van der Waals surface area (Å²) in [5.41, 5.74) is 0.874. The molecule has 0 saturated heterocycles. The lowest BCUT2D eigenvalue weighted by Gasteiger charge is -2.25. The highest BCUT2D eigenvalue weighted by Crippen LogP contribution is 2.20. The van der Waals surface area contributed by atoms with Gasteiger partial charge in [0.15, 0.2) is 6.10 Å². The lowest BCUT2D eigenvalue weighted by Crippen LogP contribution is -2.46. The number of hydrogen-bond acceptors (Lipinski definition) is 5. The van der Waals surface area contributed by atoms with Crippen molar-refractivity contribution in [2.24, 2.45) is 0 Å². The molecule has 2 amide bonds. The average molecular weight is 529 g/mol. The van der Waals surface area contributed by atoms with Crippen molar-refractivity contribution in [1.82, 2.24) is 10.2 Å². The van der Waals surface area contributed by atoms with Gasteiger partial charge in [-0.1, -0.05) is 43.2 Å². The summed E-state index contributed by atoms with van der Waals surface area (Å²) in [7, 11) is 0. The van der Waals surface area contributed by atoms with Gasteiger partial charge in [-0.25, -0.2) is 9.59 Å². The lowest BCUT2D eigenvalue weighted by atomic mass is 10.1. The van der Waals surface area contributed by atoms with Gasteiger partial charge in [0.25, 0.3) is 0 Å². The number of benzene rings is 2. The molecule has 202 valence electrons. The van der Waals surface area contributed by atoms with Gasteiger partial charge in [0.05, 0.1) is 6.54 Å². The molecule has 2 aromatic carbocycles. The van der Waals surface area contributed by atoms with Crippen LogP contribution in [0.1, 0.15) is 51.0 Å². The zero-order valence-electron chi connectivity index (χ0n) is 21.8. The molecule has 2 aromatic rings. The van der Waals surface area contributed by atoms with Gasteiger partial charge in [0.2, 0.25) is 0 Å². The number of carbonyl (C=O) groups excluding carboxylic acids is 1. The van der Waals surface area contributed by atoms with Gasteiger partial charge in [-0.2, -0.15) is 0 Å². The smallest absolute Gasteiger partial charge is 0.333 e. The van der Waals surface area contributed by atoms with E-state index in [0.717, 1.165) is 37.0 Å². The van der Waals surface area contributed by atoms with Crippen molar-refractivity contribution < 1.29 is 24.2 Å². The molecule has 1 aliphatic carbocycles. The number of thioether (sulfide) groups is 1. The van der Waals surface area contributed by atoms with Gasteiger partial charge in [0.1, 0.15) is 12.4 Å². The van der Waals surface area contributed by atoms with Gasteiger partial charge < -0.3 is 24.8 Å². The topological polar surface area (TPSA) is 88.1 Å². The molecule has 1 saturated carbocycles. The number of carboxylic acid groups (broad SMARTS) is 1. The predicted molar refractivity (Wildman–Crippen MR) is 147 cm³/mol. The summed E-state index contributed by atoms with van der Waals surface area (Å²) in [6.45, 7) is 3.75. The highest BCUT2D eigenvalue weighted by atomic mass is 32.2. The van der Waals surface area contributed by atoms with Crippen LogP contribution >= 0.6 is 11.8 Å². The molecular formula is C29H40N2O5S. The van der Waals surface area contributed by atoms with E-state index in [0.29, 0.717) is 38.5 Å². The van der Waals surface area contributed by atoms with Crippen molar-refractivity contribution >= 4 is 23.8 Å². The summed E-state index contributed by atoms with van der Waals surface area (Å²) >= 11 is 1.85. The number of rotatable bonds is 16. The van der Waals surface area contributed by atoms with Gasteiger partial charge in [0, 0.05) is 30.5 Å². The highest BCUT2D eigenvalue weighted by molar-refractivity contribution is 7.99. The summed E-state index contributed by atoms with van der Waals surface area (Å²) < 4.78 is 11.2. The van der Waals surface area contributed by atoms with Crippen LogP contribution in [-0.2, 0) is 16.0 Å². The molecule has 2 N–H and O–H groups in total. The normalized spacial score (nSPS) is 14.3. The van der Waals surface area contributed by atoms with Crippen molar-refractivity contribution in [2.45, 2.75) is 68.9 Å². The molecule has 0 aliphatic heterocycles. The number of urea groups is 1. The standard InChI is InChI=1S/C29H40N2O5S/c1-2-35-27(28(32)33)22-23-14-16-25(17-15-23)36-20-19-31(29(34)30-24-10-6-7-11-24)18-8-9-21-37-26-12-4-3-5-13-26/h3-5,12-17,24,27H,2,6-11,18-22H2,1H3,(H,30,34)(H,32,33). The number of unbranched alkanes of at least 4 members (excludes halogenated alkanes) is 1. The second-order valence-corrected chi connectivity index (χ2v) is 10.4. The molecule has 1 aliphatic rings. The summed E-state index contributed by atoms with van der Waals surface area (Å²) in [5.74, 6) is 0.760. The maximum Gasteiger partial charge on any atom is 0.333 e. The fourth-order valence-corrected chi connectivity index (χ4v) is 5.32. The maximum absolute atomic E-state index is 13.0. The van der Waals surface area contributed by atoms with Crippen LogP contribution in [0.25, 0.3) is 0 Å². The van der Waals surface area contributed by atoms with Crippen LogP contribution in [0.4, 0.5) is 4.79 Å². The Hall–Kier alpha value is -2.71. The average Bonchev–Trinajstić information content (AvgIpc) is 3.41. The van der Waals surface area contributed by atoms with E-state index in [1.165, 1.54) is 17.7 Å². The minimum absolute atomic E-state index is 0.00260. The molecule has 3 rings (SSSR count). The summed E-state index contributed by atoms with van der Waals surface area (Å²) in [4.78, 5) is 27.4. The summed E-state index contributed by atoms with van der Waals surface area (Å²) in [6.07, 6.45) is 5.91. The summed E-state index contributed by atoms with van der Waals surface area (Å²) in [5, 5.41) is 12.5. The first-order valence-corrected chi connectivity index (χ1v) is 14.3. The SMILES string of the molecule is CCOC(Cc1ccc(OCCN(CCCCSc2ccccc2)C(=O)NC2CCCC2)cc1)C(=O)O. The lowest BCUT2D eigenvalue weighted by molar-refractivity contribution is -0.149. The molecule has 0 spiro atoms. The van der Waals surface area contributed by atoms with Crippen LogP contribution in [0, 0.1) is 0 Å². The maximum atomic E-state index is 13.0. The van der Waals surface area contributed by atoms with E-state index in [1.54, 1.807) is 6.92 Å². The molecule has 37 heavy (non-hydrogen) atoms.